The van der Waals surface area contributed by atoms with Crippen LogP contribution in [0.3, 0.4) is 0 Å². The van der Waals surface area contributed by atoms with Crippen LogP contribution in [0, 0.1) is 5.92 Å². The Kier molecular flexibility index (Phi) is 5.67. The van der Waals surface area contributed by atoms with Gasteiger partial charge in [0.05, 0.1) is 7.11 Å². The maximum Gasteiger partial charge on any atom is 0.425 e. The molecule has 0 unspecified atom stereocenters. The van der Waals surface area contributed by atoms with Gasteiger partial charge < -0.3 is 4.74 Å². The normalized spacial score (nSPS) is 16.6. The number of carbonyl (C=O) groups excluding carboxylic acids is 2. The number of rotatable bonds is 3. The molecule has 2 amide bonds. The second kappa shape index (κ2) is 7.09. The Hall–Kier alpha value is -1.26. The van der Waals surface area contributed by atoms with Gasteiger partial charge in [0.2, 0.25) is 5.91 Å². The Morgan fingerprint density at radius 3 is 2.50 bits per heavy atom. The van der Waals surface area contributed by atoms with Gasteiger partial charge in [0, 0.05) is 6.42 Å². The van der Waals surface area contributed by atoms with Crippen molar-refractivity contribution in [3.8, 4) is 0 Å². The molecule has 0 bridgehead atoms. The molecular formula is C11H20N2O3. The first-order chi connectivity index (χ1) is 7.72. The van der Waals surface area contributed by atoms with Crippen LogP contribution in [-0.4, -0.2) is 19.1 Å². The summed E-state index contributed by atoms with van der Waals surface area (Å²) in [6, 6.07) is 0. The Morgan fingerprint density at radius 1 is 1.19 bits per heavy atom. The number of nitrogens with one attached hydrogen (secondary N) is 2. The minimum absolute atomic E-state index is 0.157. The van der Waals surface area contributed by atoms with Crippen molar-refractivity contribution in [1.82, 2.24) is 10.9 Å². The van der Waals surface area contributed by atoms with Gasteiger partial charge in [-0.15, -0.1) is 0 Å². The lowest BCUT2D eigenvalue weighted by molar-refractivity contribution is -0.122. The molecule has 0 atom stereocenters. The number of methoxy groups -OCH3 is 1. The first-order valence-electron chi connectivity index (χ1n) is 5.85. The van der Waals surface area contributed by atoms with Gasteiger partial charge in [-0.25, -0.2) is 10.2 Å². The molecule has 0 heterocycles. The molecule has 5 nitrogen and oxygen atoms in total. The van der Waals surface area contributed by atoms with E-state index in [-0.39, 0.29) is 5.91 Å². The lowest BCUT2D eigenvalue weighted by Crippen LogP contribution is -2.41. The number of hydrazine groups is 1. The average Bonchev–Trinajstić information content (AvgIpc) is 2.34. The van der Waals surface area contributed by atoms with Crippen molar-refractivity contribution in [1.29, 1.82) is 0 Å². The molecule has 0 aromatic heterocycles. The van der Waals surface area contributed by atoms with Crippen molar-refractivity contribution >= 4 is 12.0 Å². The highest BCUT2D eigenvalue weighted by Crippen LogP contribution is 2.26. The molecule has 5 heteroatoms. The quantitative estimate of drug-likeness (QED) is 0.723. The van der Waals surface area contributed by atoms with Crippen LogP contribution in [-0.2, 0) is 9.53 Å². The summed E-state index contributed by atoms with van der Waals surface area (Å²) in [5.74, 6) is 0.522. The fourth-order valence-corrected chi connectivity index (χ4v) is 2.05. The number of ether oxygens (including phenoxy) is 1. The summed E-state index contributed by atoms with van der Waals surface area (Å²) < 4.78 is 4.33. The molecule has 0 spiro atoms. The highest BCUT2D eigenvalue weighted by Gasteiger charge is 2.14. The van der Waals surface area contributed by atoms with E-state index in [2.05, 4.69) is 15.6 Å². The summed E-state index contributed by atoms with van der Waals surface area (Å²) in [7, 11) is 1.25. The van der Waals surface area contributed by atoms with Gasteiger partial charge in [-0.2, -0.15) is 0 Å². The van der Waals surface area contributed by atoms with Crippen LogP contribution in [0.1, 0.15) is 44.9 Å². The highest BCUT2D eigenvalue weighted by atomic mass is 16.5. The van der Waals surface area contributed by atoms with Crippen molar-refractivity contribution in [3.05, 3.63) is 0 Å². The van der Waals surface area contributed by atoms with E-state index >= 15 is 0 Å². The summed E-state index contributed by atoms with van der Waals surface area (Å²) in [6.07, 6.45) is 7.09. The SMILES string of the molecule is COC(=O)NNC(=O)CCC1CCCCC1. The second-order valence-corrected chi connectivity index (χ2v) is 4.21. The van der Waals surface area contributed by atoms with Gasteiger partial charge in [-0.1, -0.05) is 32.1 Å². The molecule has 92 valence electrons. The van der Waals surface area contributed by atoms with Crippen LogP contribution in [0.5, 0.6) is 0 Å². The third-order valence-corrected chi connectivity index (χ3v) is 2.99. The number of amides is 2. The summed E-state index contributed by atoms with van der Waals surface area (Å²) in [6.45, 7) is 0. The summed E-state index contributed by atoms with van der Waals surface area (Å²) in [5, 5.41) is 0. The largest absolute Gasteiger partial charge is 0.452 e. The van der Waals surface area contributed by atoms with E-state index in [0.29, 0.717) is 12.3 Å². The predicted octanol–water partition coefficient (Wildman–Crippen LogP) is 1.73. The van der Waals surface area contributed by atoms with Crippen molar-refractivity contribution in [2.24, 2.45) is 5.92 Å². The molecule has 0 aromatic rings. The summed E-state index contributed by atoms with van der Waals surface area (Å²) >= 11 is 0. The maximum atomic E-state index is 11.3. The van der Waals surface area contributed by atoms with E-state index in [9.17, 15) is 9.59 Å². The Bertz CT molecular complexity index is 237. The van der Waals surface area contributed by atoms with Gasteiger partial charge in [-0.05, 0) is 12.3 Å². The van der Waals surface area contributed by atoms with Gasteiger partial charge >= 0.3 is 6.09 Å². The van der Waals surface area contributed by atoms with Crippen LogP contribution in [0.2, 0.25) is 0 Å². The van der Waals surface area contributed by atoms with Gasteiger partial charge in [0.25, 0.3) is 0 Å². The maximum absolute atomic E-state index is 11.3. The molecule has 0 aliphatic heterocycles. The van der Waals surface area contributed by atoms with Crippen molar-refractivity contribution < 1.29 is 14.3 Å². The molecule has 1 aliphatic rings. The molecule has 16 heavy (non-hydrogen) atoms. The molecule has 1 rings (SSSR count). The van der Waals surface area contributed by atoms with Gasteiger partial charge in [0.1, 0.15) is 0 Å². The van der Waals surface area contributed by atoms with Crippen molar-refractivity contribution in [2.75, 3.05) is 7.11 Å². The number of hydrogen-bond acceptors (Lipinski definition) is 3. The van der Waals surface area contributed by atoms with Crippen molar-refractivity contribution in [3.63, 3.8) is 0 Å². The zero-order valence-corrected chi connectivity index (χ0v) is 9.75. The minimum atomic E-state index is -0.647. The smallest absolute Gasteiger partial charge is 0.425 e. The van der Waals surface area contributed by atoms with Crippen molar-refractivity contribution in [2.45, 2.75) is 44.9 Å². The molecule has 0 saturated heterocycles. The van der Waals surface area contributed by atoms with Crippen LogP contribution < -0.4 is 10.9 Å². The zero-order valence-electron chi connectivity index (χ0n) is 9.75. The lowest BCUT2D eigenvalue weighted by Gasteiger charge is -2.20. The lowest BCUT2D eigenvalue weighted by atomic mass is 9.86. The first kappa shape index (κ1) is 12.8. The summed E-state index contributed by atoms with van der Waals surface area (Å²) in [5.41, 5.74) is 4.47. The Morgan fingerprint density at radius 2 is 1.88 bits per heavy atom. The Balaban J connectivity index is 2.07. The molecule has 2 N–H and O–H groups in total. The molecule has 1 aliphatic carbocycles. The third kappa shape index (κ3) is 5.00. The Labute approximate surface area is 95.9 Å². The fourth-order valence-electron chi connectivity index (χ4n) is 2.05. The van der Waals surface area contributed by atoms with Crippen LogP contribution in [0.4, 0.5) is 4.79 Å². The summed E-state index contributed by atoms with van der Waals surface area (Å²) in [4.78, 5) is 22.0. The van der Waals surface area contributed by atoms with E-state index in [4.69, 9.17) is 0 Å². The number of hydrogen-bond donors (Lipinski definition) is 2. The highest BCUT2D eigenvalue weighted by molar-refractivity contribution is 5.78. The van der Waals surface area contributed by atoms with E-state index in [0.717, 1.165) is 6.42 Å². The van der Waals surface area contributed by atoms with E-state index in [1.54, 1.807) is 0 Å². The monoisotopic (exact) mass is 228 g/mol. The molecular weight excluding hydrogens is 208 g/mol. The van der Waals surface area contributed by atoms with E-state index in [1.165, 1.54) is 39.2 Å². The zero-order chi connectivity index (χ0) is 11.8. The van der Waals surface area contributed by atoms with Gasteiger partial charge in [0.15, 0.2) is 0 Å². The standard InChI is InChI=1S/C11H20N2O3/c1-16-11(15)13-12-10(14)8-7-9-5-3-2-4-6-9/h9H,2-8H2,1H3,(H,12,14)(H,13,15). The van der Waals surface area contributed by atoms with Crippen LogP contribution in [0.25, 0.3) is 0 Å². The molecule has 0 aromatic carbocycles. The van der Waals surface area contributed by atoms with Gasteiger partial charge in [-0.3, -0.25) is 10.2 Å². The first-order valence-corrected chi connectivity index (χ1v) is 5.85. The predicted molar refractivity (Wildman–Crippen MR) is 59.5 cm³/mol. The second-order valence-electron chi connectivity index (χ2n) is 4.21. The average molecular weight is 228 g/mol. The topological polar surface area (TPSA) is 67.4 Å². The molecule has 0 radical (unpaired) electrons. The minimum Gasteiger partial charge on any atom is -0.452 e. The van der Waals surface area contributed by atoms with E-state index in [1.807, 2.05) is 0 Å². The van der Waals surface area contributed by atoms with Crippen LogP contribution in [0.15, 0.2) is 0 Å². The fraction of sp³-hybridized carbons (Fsp3) is 0.818. The van der Waals surface area contributed by atoms with Crippen LogP contribution >= 0.6 is 0 Å². The number of carbonyl (C=O) groups is 2. The third-order valence-electron chi connectivity index (χ3n) is 2.99. The van der Waals surface area contributed by atoms with E-state index < -0.39 is 6.09 Å². The molecule has 1 fully saturated rings. The molecule has 1 saturated carbocycles.